The summed E-state index contributed by atoms with van der Waals surface area (Å²) in [6, 6.07) is 9.63. The second kappa shape index (κ2) is 8.48. The maximum Gasteiger partial charge on any atom is 0.247 e. The van der Waals surface area contributed by atoms with Crippen LogP contribution in [0.5, 0.6) is 0 Å². The Morgan fingerprint density at radius 2 is 1.56 bits per heavy atom. The van der Waals surface area contributed by atoms with E-state index in [9.17, 15) is 14.4 Å². The number of hydrogen-bond acceptors (Lipinski definition) is 5. The number of piperidine rings is 1. The zero-order chi connectivity index (χ0) is 22.4. The minimum absolute atomic E-state index is 0.0317. The molecule has 1 aromatic carbocycles. The molecule has 1 saturated carbocycles. The Morgan fingerprint density at radius 1 is 0.938 bits per heavy atom. The number of amides is 3. The van der Waals surface area contributed by atoms with Crippen LogP contribution in [0.4, 0.5) is 5.69 Å². The Morgan fingerprint density at radius 3 is 2.16 bits per heavy atom. The molecule has 0 radical (unpaired) electrons. The highest BCUT2D eigenvalue weighted by molar-refractivity contribution is 5.98. The van der Waals surface area contributed by atoms with Crippen LogP contribution in [0.25, 0.3) is 0 Å². The average molecular weight is 440 g/mol. The normalized spacial score (nSPS) is 28.9. The van der Waals surface area contributed by atoms with E-state index in [-0.39, 0.29) is 47.6 Å². The van der Waals surface area contributed by atoms with Gasteiger partial charge in [0.05, 0.1) is 23.6 Å². The number of hydrogen-bond donors (Lipinski definition) is 1. The smallest absolute Gasteiger partial charge is 0.247 e. The van der Waals surface area contributed by atoms with E-state index >= 15 is 0 Å². The van der Waals surface area contributed by atoms with Crippen molar-refractivity contribution in [3.05, 3.63) is 30.3 Å². The number of carbonyl (C=O) groups is 3. The van der Waals surface area contributed by atoms with Crippen LogP contribution in [0, 0.1) is 17.8 Å². The molecule has 1 aromatic rings. The second-order valence-corrected chi connectivity index (χ2v) is 9.85. The van der Waals surface area contributed by atoms with Crippen molar-refractivity contribution in [2.75, 3.05) is 44.3 Å². The fraction of sp³-hybridized carbons (Fsp3) is 0.625. The van der Waals surface area contributed by atoms with E-state index in [0.717, 1.165) is 18.5 Å². The molecule has 3 amide bonds. The SMILES string of the molecule is CC(C)N1CC(C(=O)N2CCN(C(=O)C3CC3)CC2)C2NN(c3ccccc3)C(=O)C2C1. The highest BCUT2D eigenvalue weighted by Gasteiger charge is 2.52. The van der Waals surface area contributed by atoms with E-state index in [1.807, 2.05) is 40.1 Å². The lowest BCUT2D eigenvalue weighted by Gasteiger charge is -2.43. The molecule has 0 bridgehead atoms. The van der Waals surface area contributed by atoms with Crippen molar-refractivity contribution in [1.82, 2.24) is 20.1 Å². The topological polar surface area (TPSA) is 76.2 Å². The lowest BCUT2D eigenvalue weighted by Crippen LogP contribution is -2.61. The monoisotopic (exact) mass is 439 g/mol. The average Bonchev–Trinajstić information content (AvgIpc) is 3.62. The van der Waals surface area contributed by atoms with Gasteiger partial charge in [0.2, 0.25) is 17.7 Å². The maximum absolute atomic E-state index is 13.7. The summed E-state index contributed by atoms with van der Waals surface area (Å²) in [5.74, 6) is 0.0526. The van der Waals surface area contributed by atoms with Crippen molar-refractivity contribution in [2.24, 2.45) is 17.8 Å². The molecular weight excluding hydrogens is 406 g/mol. The molecule has 8 nitrogen and oxygen atoms in total. The van der Waals surface area contributed by atoms with E-state index in [1.165, 1.54) is 0 Å². The van der Waals surface area contributed by atoms with Crippen molar-refractivity contribution in [3.8, 4) is 0 Å². The molecule has 3 unspecified atom stereocenters. The van der Waals surface area contributed by atoms with Crippen molar-refractivity contribution >= 4 is 23.4 Å². The summed E-state index contributed by atoms with van der Waals surface area (Å²) >= 11 is 0. The fourth-order valence-corrected chi connectivity index (χ4v) is 5.28. The van der Waals surface area contributed by atoms with Gasteiger partial charge in [-0.15, -0.1) is 0 Å². The number of anilines is 1. The van der Waals surface area contributed by atoms with Crippen LogP contribution in [0.15, 0.2) is 30.3 Å². The summed E-state index contributed by atoms with van der Waals surface area (Å²) in [4.78, 5) is 45.4. The largest absolute Gasteiger partial charge is 0.339 e. The highest BCUT2D eigenvalue weighted by atomic mass is 16.2. The molecule has 0 aromatic heterocycles. The van der Waals surface area contributed by atoms with Crippen LogP contribution in [-0.4, -0.2) is 83.8 Å². The van der Waals surface area contributed by atoms with E-state index in [2.05, 4.69) is 24.2 Å². The molecule has 4 aliphatic rings. The lowest BCUT2D eigenvalue weighted by molar-refractivity contribution is -0.145. The van der Waals surface area contributed by atoms with Gasteiger partial charge in [0.1, 0.15) is 0 Å². The van der Waals surface area contributed by atoms with Gasteiger partial charge in [0.25, 0.3) is 0 Å². The van der Waals surface area contributed by atoms with Gasteiger partial charge in [-0.1, -0.05) is 18.2 Å². The van der Waals surface area contributed by atoms with Crippen molar-refractivity contribution in [3.63, 3.8) is 0 Å². The van der Waals surface area contributed by atoms with Gasteiger partial charge in [-0.25, -0.2) is 10.4 Å². The number of fused-ring (bicyclic) bond motifs is 1. The molecule has 172 valence electrons. The Kier molecular flexibility index (Phi) is 5.67. The number of likely N-dealkylation sites (tertiary alicyclic amines) is 1. The predicted octanol–water partition coefficient (Wildman–Crippen LogP) is 0.944. The number of piperazine rings is 1. The predicted molar refractivity (Wildman–Crippen MR) is 120 cm³/mol. The van der Waals surface area contributed by atoms with Gasteiger partial charge in [0.15, 0.2) is 0 Å². The zero-order valence-electron chi connectivity index (χ0n) is 18.9. The number of para-hydroxylation sites is 1. The molecule has 4 fully saturated rings. The molecule has 5 rings (SSSR count). The van der Waals surface area contributed by atoms with Crippen LogP contribution in [0.3, 0.4) is 0 Å². The molecule has 0 spiro atoms. The van der Waals surface area contributed by atoms with E-state index in [1.54, 1.807) is 5.01 Å². The first-order valence-corrected chi connectivity index (χ1v) is 11.9. The summed E-state index contributed by atoms with van der Waals surface area (Å²) in [6.07, 6.45) is 2.01. The first-order chi connectivity index (χ1) is 15.4. The third kappa shape index (κ3) is 3.90. The molecule has 3 saturated heterocycles. The van der Waals surface area contributed by atoms with Crippen LogP contribution in [-0.2, 0) is 14.4 Å². The maximum atomic E-state index is 13.7. The van der Waals surface area contributed by atoms with Gasteiger partial charge in [-0.2, -0.15) is 0 Å². The van der Waals surface area contributed by atoms with Crippen molar-refractivity contribution in [1.29, 1.82) is 0 Å². The summed E-state index contributed by atoms with van der Waals surface area (Å²) < 4.78 is 0. The van der Waals surface area contributed by atoms with E-state index in [4.69, 9.17) is 0 Å². The number of hydrazine groups is 1. The number of nitrogens with zero attached hydrogens (tertiary/aromatic N) is 4. The van der Waals surface area contributed by atoms with Gasteiger partial charge in [0, 0.05) is 51.2 Å². The van der Waals surface area contributed by atoms with E-state index < -0.39 is 0 Å². The Balaban J connectivity index is 1.32. The minimum Gasteiger partial charge on any atom is -0.339 e. The first-order valence-electron chi connectivity index (χ1n) is 11.9. The lowest BCUT2D eigenvalue weighted by atomic mass is 9.83. The summed E-state index contributed by atoms with van der Waals surface area (Å²) in [7, 11) is 0. The number of rotatable bonds is 4. The Bertz CT molecular complexity index is 879. The molecule has 1 aliphatic carbocycles. The van der Waals surface area contributed by atoms with Gasteiger partial charge >= 0.3 is 0 Å². The molecule has 3 heterocycles. The fourth-order valence-electron chi connectivity index (χ4n) is 5.28. The van der Waals surface area contributed by atoms with Crippen LogP contribution in [0.2, 0.25) is 0 Å². The molecule has 1 N–H and O–H groups in total. The molecule has 8 heteroatoms. The van der Waals surface area contributed by atoms with Gasteiger partial charge in [-0.05, 0) is 38.8 Å². The summed E-state index contributed by atoms with van der Waals surface area (Å²) in [5.41, 5.74) is 4.19. The van der Waals surface area contributed by atoms with Gasteiger partial charge in [-0.3, -0.25) is 19.3 Å². The van der Waals surface area contributed by atoms with Crippen molar-refractivity contribution in [2.45, 2.75) is 38.8 Å². The zero-order valence-corrected chi connectivity index (χ0v) is 18.9. The summed E-state index contributed by atoms with van der Waals surface area (Å²) in [6.45, 7) is 7.90. The molecule has 32 heavy (non-hydrogen) atoms. The van der Waals surface area contributed by atoms with Crippen LogP contribution < -0.4 is 10.4 Å². The Labute approximate surface area is 189 Å². The third-order valence-electron chi connectivity index (χ3n) is 7.44. The second-order valence-electron chi connectivity index (χ2n) is 9.85. The standard InChI is InChI=1S/C24H33N5O3/c1-16(2)28-14-19(23(31)27-12-10-26(11-13-27)22(30)17-8-9-17)21-20(15-28)24(32)29(25-21)18-6-4-3-5-7-18/h3-7,16-17,19-21,25H,8-15H2,1-2H3. The first kappa shape index (κ1) is 21.4. The molecule has 3 aliphatic heterocycles. The highest BCUT2D eigenvalue weighted by Crippen LogP contribution is 2.34. The third-order valence-corrected chi connectivity index (χ3v) is 7.44. The summed E-state index contributed by atoms with van der Waals surface area (Å²) in [5, 5.41) is 1.63. The Hall–Kier alpha value is -2.45. The minimum atomic E-state index is -0.292. The number of nitrogens with one attached hydrogen (secondary N) is 1. The number of benzene rings is 1. The van der Waals surface area contributed by atoms with Crippen molar-refractivity contribution < 1.29 is 14.4 Å². The molecular formula is C24H33N5O3. The van der Waals surface area contributed by atoms with Gasteiger partial charge < -0.3 is 9.80 Å². The number of carbonyl (C=O) groups excluding carboxylic acids is 3. The van der Waals surface area contributed by atoms with Crippen LogP contribution >= 0.6 is 0 Å². The molecule has 3 atom stereocenters. The van der Waals surface area contributed by atoms with E-state index in [0.29, 0.717) is 39.3 Å². The van der Waals surface area contributed by atoms with Crippen LogP contribution in [0.1, 0.15) is 26.7 Å². The quantitative estimate of drug-likeness (QED) is 0.756.